The average molecular weight is 421 g/mol. The molecule has 1 fully saturated rings. The van der Waals surface area contributed by atoms with Gasteiger partial charge in [0.2, 0.25) is 5.89 Å². The summed E-state index contributed by atoms with van der Waals surface area (Å²) < 4.78 is 16.5. The Morgan fingerprint density at radius 2 is 1.90 bits per heavy atom. The number of rotatable bonds is 6. The second-order valence-corrected chi connectivity index (χ2v) is 7.49. The van der Waals surface area contributed by atoms with Crippen LogP contribution in [0.5, 0.6) is 11.5 Å². The van der Waals surface area contributed by atoms with E-state index >= 15 is 0 Å². The van der Waals surface area contributed by atoms with Gasteiger partial charge in [-0.3, -0.25) is 4.99 Å². The van der Waals surface area contributed by atoms with Crippen LogP contribution in [0.25, 0.3) is 11.5 Å². The number of methoxy groups -OCH3 is 2. The smallest absolute Gasteiger partial charge is 0.226 e. The molecule has 162 valence electrons. The molecule has 0 bridgehead atoms. The van der Waals surface area contributed by atoms with E-state index in [4.69, 9.17) is 13.9 Å². The third-order valence-corrected chi connectivity index (χ3v) is 5.54. The van der Waals surface area contributed by atoms with Crippen molar-refractivity contribution in [2.45, 2.75) is 18.9 Å². The van der Waals surface area contributed by atoms with Gasteiger partial charge in [-0.05, 0) is 36.2 Å². The molecule has 1 aliphatic heterocycles. The monoisotopic (exact) mass is 420 g/mol. The van der Waals surface area contributed by atoms with Gasteiger partial charge in [-0.2, -0.15) is 0 Å². The van der Waals surface area contributed by atoms with Crippen molar-refractivity contribution in [1.29, 1.82) is 0 Å². The van der Waals surface area contributed by atoms with Gasteiger partial charge >= 0.3 is 0 Å². The van der Waals surface area contributed by atoms with E-state index in [1.807, 2.05) is 43.4 Å². The summed E-state index contributed by atoms with van der Waals surface area (Å²) in [6.07, 6.45) is 2.73. The lowest BCUT2D eigenvalue weighted by Gasteiger charge is -2.21. The fourth-order valence-electron chi connectivity index (χ4n) is 3.89. The molecule has 2 heterocycles. The SMILES string of the molecule is CN=C(NCc1coc(-c2ccccc2)n1)N1CCC(c2cc(OC)cc(OC)c2)C1. The van der Waals surface area contributed by atoms with Crippen LogP contribution < -0.4 is 14.8 Å². The van der Waals surface area contributed by atoms with Crippen molar-refractivity contribution in [3.63, 3.8) is 0 Å². The zero-order chi connectivity index (χ0) is 21.6. The van der Waals surface area contributed by atoms with Crippen LogP contribution in [-0.4, -0.2) is 50.2 Å². The van der Waals surface area contributed by atoms with Crippen LogP contribution in [0.2, 0.25) is 0 Å². The van der Waals surface area contributed by atoms with E-state index in [9.17, 15) is 0 Å². The second-order valence-electron chi connectivity index (χ2n) is 7.49. The van der Waals surface area contributed by atoms with E-state index in [1.54, 1.807) is 20.5 Å². The molecule has 1 unspecified atom stereocenters. The Morgan fingerprint density at radius 3 is 2.58 bits per heavy atom. The van der Waals surface area contributed by atoms with Crippen molar-refractivity contribution in [3.05, 3.63) is 66.1 Å². The first-order valence-corrected chi connectivity index (χ1v) is 10.4. The molecule has 7 nitrogen and oxygen atoms in total. The number of guanidine groups is 1. The third kappa shape index (κ3) is 4.82. The molecule has 1 saturated heterocycles. The van der Waals surface area contributed by atoms with Gasteiger partial charge in [-0.25, -0.2) is 4.98 Å². The molecular formula is C24H28N4O3. The van der Waals surface area contributed by atoms with Crippen molar-refractivity contribution in [2.75, 3.05) is 34.4 Å². The predicted molar refractivity (Wildman–Crippen MR) is 121 cm³/mol. The highest BCUT2D eigenvalue weighted by atomic mass is 16.5. The normalized spacial score (nSPS) is 16.4. The maximum absolute atomic E-state index is 5.63. The molecule has 1 N–H and O–H groups in total. The Labute approximate surface area is 182 Å². The first-order chi connectivity index (χ1) is 15.2. The lowest BCUT2D eigenvalue weighted by Crippen LogP contribution is -2.39. The van der Waals surface area contributed by atoms with Gasteiger partial charge in [0.1, 0.15) is 17.8 Å². The summed E-state index contributed by atoms with van der Waals surface area (Å²) in [5, 5.41) is 3.41. The molecule has 0 aliphatic carbocycles. The lowest BCUT2D eigenvalue weighted by atomic mass is 9.98. The lowest BCUT2D eigenvalue weighted by molar-refractivity contribution is 0.392. The van der Waals surface area contributed by atoms with Crippen molar-refractivity contribution in [2.24, 2.45) is 4.99 Å². The molecular weight excluding hydrogens is 392 g/mol. The van der Waals surface area contributed by atoms with Crippen molar-refractivity contribution >= 4 is 5.96 Å². The maximum Gasteiger partial charge on any atom is 0.226 e. The number of aromatic nitrogens is 1. The quantitative estimate of drug-likeness (QED) is 0.481. The Balaban J connectivity index is 1.38. The summed E-state index contributed by atoms with van der Waals surface area (Å²) >= 11 is 0. The topological polar surface area (TPSA) is 72.1 Å². The van der Waals surface area contributed by atoms with Crippen LogP contribution in [-0.2, 0) is 6.54 Å². The molecule has 31 heavy (non-hydrogen) atoms. The molecule has 7 heteroatoms. The van der Waals surface area contributed by atoms with Gasteiger partial charge in [0.05, 0.1) is 26.5 Å². The minimum absolute atomic E-state index is 0.388. The number of hydrogen-bond donors (Lipinski definition) is 1. The summed E-state index contributed by atoms with van der Waals surface area (Å²) in [6.45, 7) is 2.36. The highest BCUT2D eigenvalue weighted by Crippen LogP contribution is 2.33. The Hall–Kier alpha value is -3.48. The summed E-state index contributed by atoms with van der Waals surface area (Å²) in [6, 6.07) is 16.0. The van der Waals surface area contributed by atoms with Gasteiger partial charge in [-0.15, -0.1) is 0 Å². The molecule has 2 aromatic carbocycles. The summed E-state index contributed by atoms with van der Waals surface area (Å²) in [5.41, 5.74) is 3.03. The van der Waals surface area contributed by atoms with Gasteiger partial charge in [-0.1, -0.05) is 18.2 Å². The van der Waals surface area contributed by atoms with E-state index < -0.39 is 0 Å². The number of aliphatic imine (C=N–C) groups is 1. The summed E-state index contributed by atoms with van der Waals surface area (Å²) in [4.78, 5) is 11.3. The van der Waals surface area contributed by atoms with Crippen LogP contribution in [0.3, 0.4) is 0 Å². The molecule has 0 amide bonds. The van der Waals surface area contributed by atoms with Crippen LogP contribution in [0, 0.1) is 0 Å². The summed E-state index contributed by atoms with van der Waals surface area (Å²) in [7, 11) is 5.17. The number of likely N-dealkylation sites (tertiary alicyclic amines) is 1. The minimum Gasteiger partial charge on any atom is -0.497 e. The zero-order valence-corrected chi connectivity index (χ0v) is 18.2. The number of hydrogen-bond acceptors (Lipinski definition) is 5. The fraction of sp³-hybridized carbons (Fsp3) is 0.333. The Morgan fingerprint density at radius 1 is 1.16 bits per heavy atom. The number of nitrogens with zero attached hydrogens (tertiary/aromatic N) is 3. The van der Waals surface area contributed by atoms with Gasteiger partial charge < -0.3 is 24.1 Å². The van der Waals surface area contributed by atoms with Gasteiger partial charge in [0.25, 0.3) is 0 Å². The van der Waals surface area contributed by atoms with Crippen molar-refractivity contribution in [3.8, 4) is 23.0 Å². The van der Waals surface area contributed by atoms with E-state index in [1.165, 1.54) is 5.56 Å². The molecule has 0 radical (unpaired) electrons. The molecule has 1 atom stereocenters. The average Bonchev–Trinajstić information content (AvgIpc) is 3.50. The van der Waals surface area contributed by atoms with Gasteiger partial charge in [0.15, 0.2) is 5.96 Å². The molecule has 4 rings (SSSR count). The molecule has 0 saturated carbocycles. The maximum atomic E-state index is 5.63. The third-order valence-electron chi connectivity index (χ3n) is 5.54. The predicted octanol–water partition coefficient (Wildman–Crippen LogP) is 3.92. The van der Waals surface area contributed by atoms with Crippen LogP contribution in [0.1, 0.15) is 23.6 Å². The number of benzene rings is 2. The number of oxazole rings is 1. The number of ether oxygens (including phenoxy) is 2. The zero-order valence-electron chi connectivity index (χ0n) is 18.2. The van der Waals surface area contributed by atoms with Crippen molar-refractivity contribution in [1.82, 2.24) is 15.2 Å². The molecule has 1 aliphatic rings. The van der Waals surface area contributed by atoms with E-state index in [0.717, 1.165) is 48.2 Å². The molecule has 3 aromatic rings. The van der Waals surface area contributed by atoms with Crippen LogP contribution in [0.15, 0.2) is 64.2 Å². The molecule has 1 aromatic heterocycles. The van der Waals surface area contributed by atoms with Crippen molar-refractivity contribution < 1.29 is 13.9 Å². The molecule has 0 spiro atoms. The minimum atomic E-state index is 0.388. The first-order valence-electron chi connectivity index (χ1n) is 10.4. The summed E-state index contributed by atoms with van der Waals surface area (Å²) in [5.74, 6) is 3.51. The van der Waals surface area contributed by atoms with E-state index in [2.05, 4.69) is 32.3 Å². The highest BCUT2D eigenvalue weighted by molar-refractivity contribution is 5.80. The van der Waals surface area contributed by atoms with E-state index in [-0.39, 0.29) is 0 Å². The Kier molecular flexibility index (Phi) is 6.40. The largest absolute Gasteiger partial charge is 0.497 e. The van der Waals surface area contributed by atoms with Crippen LogP contribution in [0.4, 0.5) is 0 Å². The standard InChI is InChI=1S/C24H28N4O3/c1-25-24(26-14-20-16-31-23(27-20)17-7-5-4-6-8-17)28-10-9-18(15-28)19-11-21(29-2)13-22(12-19)30-3/h4-8,11-13,16,18H,9-10,14-15H2,1-3H3,(H,25,26). The van der Waals surface area contributed by atoms with Gasteiger partial charge in [0, 0.05) is 37.7 Å². The Bertz CT molecular complexity index is 1010. The van der Waals surface area contributed by atoms with E-state index in [0.29, 0.717) is 18.4 Å². The highest BCUT2D eigenvalue weighted by Gasteiger charge is 2.27. The fourth-order valence-corrected chi connectivity index (χ4v) is 3.89. The first kappa shape index (κ1) is 20.8. The second kappa shape index (κ2) is 9.55. The number of nitrogens with one attached hydrogen (secondary N) is 1. The van der Waals surface area contributed by atoms with Crippen LogP contribution >= 0.6 is 0 Å².